The molecule has 18 heavy (non-hydrogen) atoms. The van der Waals surface area contributed by atoms with Crippen LogP contribution in [0.1, 0.15) is 18.9 Å². The summed E-state index contributed by atoms with van der Waals surface area (Å²) in [4.78, 5) is 0. The summed E-state index contributed by atoms with van der Waals surface area (Å²) in [6.07, 6.45) is 2.31. The van der Waals surface area contributed by atoms with Crippen molar-refractivity contribution in [1.29, 1.82) is 0 Å². The fourth-order valence-electron chi connectivity index (χ4n) is 1.82. The Bertz CT molecular complexity index is 467. The fourth-order valence-corrected chi connectivity index (χ4v) is 1.82. The van der Waals surface area contributed by atoms with E-state index in [2.05, 4.69) is 27.6 Å². The van der Waals surface area contributed by atoms with Gasteiger partial charge in [-0.2, -0.15) is 5.10 Å². The zero-order valence-electron chi connectivity index (χ0n) is 10.6. The van der Waals surface area contributed by atoms with Gasteiger partial charge in [-0.05, 0) is 12.0 Å². The highest BCUT2D eigenvalue weighted by Gasteiger charge is 2.07. The SMILES string of the molecule is CCC(O)CNCc1cn[nH]c1-c1ccccc1. The zero-order chi connectivity index (χ0) is 12.8. The Morgan fingerprint density at radius 2 is 2.11 bits per heavy atom. The van der Waals surface area contributed by atoms with Gasteiger partial charge in [0.2, 0.25) is 0 Å². The summed E-state index contributed by atoms with van der Waals surface area (Å²) >= 11 is 0. The van der Waals surface area contributed by atoms with Crippen molar-refractivity contribution >= 4 is 0 Å². The molecule has 1 aromatic heterocycles. The molecule has 0 aliphatic rings. The monoisotopic (exact) mass is 245 g/mol. The van der Waals surface area contributed by atoms with E-state index >= 15 is 0 Å². The lowest BCUT2D eigenvalue weighted by molar-refractivity contribution is 0.167. The predicted octanol–water partition coefficient (Wildman–Crippen LogP) is 1.94. The van der Waals surface area contributed by atoms with Crippen LogP contribution in [0.2, 0.25) is 0 Å². The molecule has 1 aromatic carbocycles. The zero-order valence-corrected chi connectivity index (χ0v) is 10.6. The Morgan fingerprint density at radius 3 is 2.83 bits per heavy atom. The van der Waals surface area contributed by atoms with Crippen molar-refractivity contribution in [3.63, 3.8) is 0 Å². The number of aliphatic hydroxyl groups is 1. The largest absolute Gasteiger partial charge is 0.392 e. The second-order valence-electron chi connectivity index (χ2n) is 4.33. The van der Waals surface area contributed by atoms with E-state index in [4.69, 9.17) is 0 Å². The average Bonchev–Trinajstić information content (AvgIpc) is 2.88. The third-order valence-corrected chi connectivity index (χ3v) is 2.95. The molecule has 0 fully saturated rings. The normalized spacial score (nSPS) is 12.6. The molecule has 4 heteroatoms. The Morgan fingerprint density at radius 1 is 1.33 bits per heavy atom. The topological polar surface area (TPSA) is 60.9 Å². The Hall–Kier alpha value is -1.65. The molecule has 1 atom stereocenters. The highest BCUT2D eigenvalue weighted by atomic mass is 16.3. The molecule has 2 rings (SSSR count). The highest BCUT2D eigenvalue weighted by molar-refractivity contribution is 5.62. The molecule has 0 radical (unpaired) electrons. The summed E-state index contributed by atoms with van der Waals surface area (Å²) in [5.41, 5.74) is 3.28. The van der Waals surface area contributed by atoms with Crippen LogP contribution >= 0.6 is 0 Å². The van der Waals surface area contributed by atoms with E-state index in [-0.39, 0.29) is 6.10 Å². The maximum Gasteiger partial charge on any atom is 0.0695 e. The van der Waals surface area contributed by atoms with Gasteiger partial charge in [0.1, 0.15) is 0 Å². The molecule has 0 bridgehead atoms. The molecule has 0 spiro atoms. The second-order valence-corrected chi connectivity index (χ2v) is 4.33. The van der Waals surface area contributed by atoms with Crippen LogP contribution in [-0.4, -0.2) is 28.0 Å². The van der Waals surface area contributed by atoms with E-state index in [1.54, 1.807) is 0 Å². The fraction of sp³-hybridized carbons (Fsp3) is 0.357. The summed E-state index contributed by atoms with van der Waals surface area (Å²) in [6, 6.07) is 10.1. The quantitative estimate of drug-likeness (QED) is 0.729. The first kappa shape index (κ1) is 12.8. The summed E-state index contributed by atoms with van der Waals surface area (Å²) in [5, 5.41) is 19.8. The number of aliphatic hydroxyl groups excluding tert-OH is 1. The van der Waals surface area contributed by atoms with Gasteiger partial charge >= 0.3 is 0 Å². The Labute approximate surface area is 107 Å². The highest BCUT2D eigenvalue weighted by Crippen LogP contribution is 2.20. The number of hydrogen-bond donors (Lipinski definition) is 3. The van der Waals surface area contributed by atoms with Gasteiger partial charge in [0.25, 0.3) is 0 Å². The smallest absolute Gasteiger partial charge is 0.0695 e. The average molecular weight is 245 g/mol. The Kier molecular flexibility index (Phi) is 4.50. The van der Waals surface area contributed by atoms with Crippen LogP contribution in [0.5, 0.6) is 0 Å². The van der Waals surface area contributed by atoms with E-state index in [0.717, 1.165) is 23.2 Å². The van der Waals surface area contributed by atoms with Crippen molar-refractivity contribution in [2.75, 3.05) is 6.54 Å². The van der Waals surface area contributed by atoms with Gasteiger partial charge in [0.15, 0.2) is 0 Å². The number of aromatic amines is 1. The molecule has 2 aromatic rings. The van der Waals surface area contributed by atoms with Gasteiger partial charge < -0.3 is 10.4 Å². The molecule has 0 saturated carbocycles. The number of rotatable bonds is 6. The van der Waals surface area contributed by atoms with E-state index in [1.807, 2.05) is 31.3 Å². The summed E-state index contributed by atoms with van der Waals surface area (Å²) in [7, 11) is 0. The lowest BCUT2D eigenvalue weighted by atomic mass is 10.1. The van der Waals surface area contributed by atoms with Crippen molar-refractivity contribution in [2.24, 2.45) is 0 Å². The summed E-state index contributed by atoms with van der Waals surface area (Å²) < 4.78 is 0. The number of H-pyrrole nitrogens is 1. The molecule has 0 amide bonds. The van der Waals surface area contributed by atoms with Crippen LogP contribution in [0.3, 0.4) is 0 Å². The number of nitrogens with one attached hydrogen (secondary N) is 2. The standard InChI is InChI=1S/C14H19N3O/c1-2-13(18)10-15-8-12-9-16-17-14(12)11-6-4-3-5-7-11/h3-7,9,13,15,18H,2,8,10H2,1H3,(H,16,17). The molecule has 96 valence electrons. The Balaban J connectivity index is 2.00. The van der Waals surface area contributed by atoms with Crippen LogP contribution < -0.4 is 5.32 Å². The minimum atomic E-state index is -0.280. The van der Waals surface area contributed by atoms with Gasteiger partial charge in [-0.25, -0.2) is 0 Å². The molecular weight excluding hydrogens is 226 g/mol. The molecule has 0 aliphatic carbocycles. The maximum atomic E-state index is 9.49. The van der Waals surface area contributed by atoms with Crippen LogP contribution in [0.15, 0.2) is 36.5 Å². The first-order chi connectivity index (χ1) is 8.81. The number of nitrogens with zero attached hydrogens (tertiary/aromatic N) is 1. The minimum absolute atomic E-state index is 0.280. The second kappa shape index (κ2) is 6.33. The third kappa shape index (κ3) is 3.18. The molecule has 0 aliphatic heterocycles. The maximum absolute atomic E-state index is 9.49. The van der Waals surface area contributed by atoms with Gasteiger partial charge in [0, 0.05) is 18.7 Å². The van der Waals surface area contributed by atoms with Crippen LogP contribution in [-0.2, 0) is 6.54 Å². The number of benzene rings is 1. The van der Waals surface area contributed by atoms with Crippen LogP contribution in [0.4, 0.5) is 0 Å². The van der Waals surface area contributed by atoms with Gasteiger partial charge in [-0.3, -0.25) is 5.10 Å². The van der Waals surface area contributed by atoms with Crippen molar-refractivity contribution in [1.82, 2.24) is 15.5 Å². The molecule has 4 nitrogen and oxygen atoms in total. The minimum Gasteiger partial charge on any atom is -0.392 e. The molecule has 1 heterocycles. The van der Waals surface area contributed by atoms with E-state index in [1.165, 1.54) is 0 Å². The molecule has 3 N–H and O–H groups in total. The molecular formula is C14H19N3O. The first-order valence-electron chi connectivity index (χ1n) is 6.27. The van der Waals surface area contributed by atoms with E-state index in [0.29, 0.717) is 13.1 Å². The molecule has 0 saturated heterocycles. The number of hydrogen-bond acceptors (Lipinski definition) is 3. The van der Waals surface area contributed by atoms with Crippen LogP contribution in [0, 0.1) is 0 Å². The van der Waals surface area contributed by atoms with Crippen LogP contribution in [0.25, 0.3) is 11.3 Å². The van der Waals surface area contributed by atoms with Crippen molar-refractivity contribution in [2.45, 2.75) is 26.0 Å². The lowest BCUT2D eigenvalue weighted by Gasteiger charge is -2.09. The molecule has 1 unspecified atom stereocenters. The van der Waals surface area contributed by atoms with Gasteiger partial charge in [-0.15, -0.1) is 0 Å². The van der Waals surface area contributed by atoms with Crippen molar-refractivity contribution in [3.8, 4) is 11.3 Å². The van der Waals surface area contributed by atoms with Crippen molar-refractivity contribution in [3.05, 3.63) is 42.1 Å². The lowest BCUT2D eigenvalue weighted by Crippen LogP contribution is -2.25. The van der Waals surface area contributed by atoms with Gasteiger partial charge in [0.05, 0.1) is 18.0 Å². The van der Waals surface area contributed by atoms with E-state index in [9.17, 15) is 5.11 Å². The predicted molar refractivity (Wildman–Crippen MR) is 72.0 cm³/mol. The first-order valence-corrected chi connectivity index (χ1v) is 6.27. The summed E-state index contributed by atoms with van der Waals surface area (Å²) in [5.74, 6) is 0. The van der Waals surface area contributed by atoms with Crippen molar-refractivity contribution < 1.29 is 5.11 Å². The van der Waals surface area contributed by atoms with Gasteiger partial charge in [-0.1, -0.05) is 37.3 Å². The summed E-state index contributed by atoms with van der Waals surface area (Å²) in [6.45, 7) is 3.29. The third-order valence-electron chi connectivity index (χ3n) is 2.95. The van der Waals surface area contributed by atoms with E-state index < -0.39 is 0 Å². The number of aromatic nitrogens is 2.